The van der Waals surface area contributed by atoms with E-state index in [0.717, 1.165) is 11.0 Å². The van der Waals surface area contributed by atoms with E-state index in [1.165, 1.54) is 4.85 Å². The zero-order valence-electron chi connectivity index (χ0n) is 10.8. The molecule has 0 aliphatic carbocycles. The molecule has 1 aromatic carbocycles. The Morgan fingerprint density at radius 1 is 1.28 bits per heavy atom. The maximum absolute atomic E-state index is 5.70. The summed E-state index contributed by atoms with van der Waals surface area (Å²) in [5.74, 6) is 0. The first-order chi connectivity index (χ1) is 8.09. The van der Waals surface area contributed by atoms with Crippen LogP contribution < -0.4 is 4.84 Å². The number of fused-ring (bicyclic) bond motifs is 1. The second kappa shape index (κ2) is 6.36. The summed E-state index contributed by atoms with van der Waals surface area (Å²) in [4.78, 5) is 8.99. The summed E-state index contributed by atoms with van der Waals surface area (Å²) in [7, 11) is 7.64. The van der Waals surface area contributed by atoms with Gasteiger partial charge in [0.15, 0.2) is 0 Å². The molecule has 2 aromatic rings. The number of para-hydroxylation sites is 1. The molecule has 0 N–H and O–H groups in total. The molecule has 1 aromatic heterocycles. The summed E-state index contributed by atoms with van der Waals surface area (Å²) in [6.45, 7) is 0. The van der Waals surface area contributed by atoms with Crippen LogP contribution in [-0.2, 0) is 0 Å². The molecule has 7 heteroatoms. The Bertz CT molecular complexity index is 559. The molecule has 0 spiro atoms. The minimum Gasteiger partial charge on any atom is -0.278 e. The average molecular weight is 274 g/mol. The SMILES string of the molecule is CN(C)C(On1nnc2ccccc21)=[N+](C)C.[Ar]. The van der Waals surface area contributed by atoms with Crippen LogP contribution in [0.25, 0.3) is 11.0 Å². The standard InChI is InChI=1S/C11H16N5O.Ar/c1-14(2)11(15(3)4)17-16-10-8-6-5-7-9(10)12-13-16;/h5-8H,1-4H3;/q+1;. The molecule has 1 heterocycles. The van der Waals surface area contributed by atoms with Gasteiger partial charge in [0.2, 0.25) is 0 Å². The number of hydrogen-bond donors (Lipinski definition) is 0. The van der Waals surface area contributed by atoms with Gasteiger partial charge in [0, 0.05) is 37.7 Å². The predicted octanol–water partition coefficient (Wildman–Crippen LogP) is 0.0496. The molecule has 0 aliphatic heterocycles. The summed E-state index contributed by atoms with van der Waals surface area (Å²) in [6, 6.07) is 8.34. The Balaban J connectivity index is 0.00000162. The molecule has 0 fully saturated rings. The maximum Gasteiger partial charge on any atom is 0.471 e. The van der Waals surface area contributed by atoms with Crippen LogP contribution in [0.2, 0.25) is 0 Å². The molecular formula is C11H16ArN5O+. The van der Waals surface area contributed by atoms with Gasteiger partial charge in [0.1, 0.15) is 11.0 Å². The summed E-state index contributed by atoms with van der Waals surface area (Å²) in [5, 5.41) is 8.00. The van der Waals surface area contributed by atoms with E-state index in [-0.39, 0.29) is 37.7 Å². The van der Waals surface area contributed by atoms with Crippen LogP contribution in [0, 0.1) is 37.7 Å². The van der Waals surface area contributed by atoms with E-state index in [9.17, 15) is 0 Å². The zero-order chi connectivity index (χ0) is 12.4. The number of aromatic nitrogens is 3. The van der Waals surface area contributed by atoms with Gasteiger partial charge in [0.05, 0.1) is 28.2 Å². The first-order valence-corrected chi connectivity index (χ1v) is 5.30. The molecule has 0 saturated heterocycles. The molecule has 0 bridgehead atoms. The normalized spacial score (nSPS) is 9.78. The number of benzene rings is 1. The van der Waals surface area contributed by atoms with E-state index in [0.29, 0.717) is 6.02 Å². The Morgan fingerprint density at radius 3 is 2.56 bits per heavy atom. The van der Waals surface area contributed by atoms with Crippen molar-refractivity contribution < 1.29 is 47.2 Å². The van der Waals surface area contributed by atoms with E-state index < -0.39 is 0 Å². The molecule has 2 rings (SSSR count). The number of hydrogen-bond acceptors (Lipinski definition) is 3. The largest absolute Gasteiger partial charge is 0.471 e. The van der Waals surface area contributed by atoms with E-state index >= 15 is 0 Å². The van der Waals surface area contributed by atoms with Crippen LogP contribution in [0.3, 0.4) is 0 Å². The Labute approximate surface area is 136 Å². The second-order valence-electron chi connectivity index (χ2n) is 4.11. The number of nitrogens with zero attached hydrogens (tertiary/aromatic N) is 5. The predicted molar refractivity (Wildman–Crippen MR) is 64.9 cm³/mol. The molecule has 98 valence electrons. The van der Waals surface area contributed by atoms with E-state index in [1.807, 2.05) is 61.9 Å². The van der Waals surface area contributed by atoms with Crippen molar-refractivity contribution in [2.24, 2.45) is 0 Å². The topological polar surface area (TPSA) is 46.2 Å². The Kier molecular flexibility index (Phi) is 5.37. The van der Waals surface area contributed by atoms with Crippen molar-refractivity contribution in [2.45, 2.75) is 0 Å². The van der Waals surface area contributed by atoms with Crippen LogP contribution in [0.1, 0.15) is 0 Å². The van der Waals surface area contributed by atoms with E-state index in [4.69, 9.17) is 4.84 Å². The van der Waals surface area contributed by atoms with Crippen LogP contribution in [0.4, 0.5) is 0 Å². The van der Waals surface area contributed by atoms with Crippen LogP contribution in [-0.4, -0.2) is 58.8 Å². The van der Waals surface area contributed by atoms with Crippen molar-refractivity contribution in [3.63, 3.8) is 0 Å². The monoisotopic (exact) mass is 274 g/mol. The molecule has 0 aliphatic rings. The summed E-state index contributed by atoms with van der Waals surface area (Å²) < 4.78 is 1.87. The maximum atomic E-state index is 5.70. The van der Waals surface area contributed by atoms with Crippen molar-refractivity contribution in [3.8, 4) is 0 Å². The van der Waals surface area contributed by atoms with Gasteiger partial charge in [-0.2, -0.15) is 0 Å². The quantitative estimate of drug-likeness (QED) is 0.419. The van der Waals surface area contributed by atoms with Gasteiger partial charge >= 0.3 is 6.02 Å². The van der Waals surface area contributed by atoms with Gasteiger partial charge in [-0.15, -0.1) is 5.10 Å². The van der Waals surface area contributed by atoms with Crippen molar-refractivity contribution in [2.75, 3.05) is 28.2 Å². The molecule has 6 nitrogen and oxygen atoms in total. The average Bonchev–Trinajstić information content (AvgIpc) is 2.68. The molecule has 0 radical (unpaired) electrons. The molecule has 0 saturated carbocycles. The first kappa shape index (κ1) is 15.2. The van der Waals surface area contributed by atoms with Crippen molar-refractivity contribution >= 4 is 17.1 Å². The van der Waals surface area contributed by atoms with Crippen molar-refractivity contribution in [1.29, 1.82) is 0 Å². The second-order valence-corrected chi connectivity index (χ2v) is 4.11. The van der Waals surface area contributed by atoms with Crippen molar-refractivity contribution in [3.05, 3.63) is 24.3 Å². The fourth-order valence-electron chi connectivity index (χ4n) is 1.56. The van der Waals surface area contributed by atoms with Gasteiger partial charge in [-0.1, -0.05) is 17.0 Å². The molecule has 0 atom stereocenters. The Morgan fingerprint density at radius 2 is 1.94 bits per heavy atom. The Hall–Kier alpha value is -0.850. The number of rotatable bonds is 1. The van der Waals surface area contributed by atoms with E-state index in [1.54, 1.807) is 0 Å². The van der Waals surface area contributed by atoms with Crippen molar-refractivity contribution in [1.82, 2.24) is 20.1 Å². The summed E-state index contributed by atoms with van der Waals surface area (Å²) >= 11 is 0. The first-order valence-electron chi connectivity index (χ1n) is 5.30. The third-order valence-electron chi connectivity index (χ3n) is 2.25. The van der Waals surface area contributed by atoms with Crippen LogP contribution in [0.15, 0.2) is 24.3 Å². The summed E-state index contributed by atoms with van der Waals surface area (Å²) in [6.07, 6.45) is 0. The third-order valence-corrected chi connectivity index (χ3v) is 2.25. The fraction of sp³-hybridized carbons (Fsp3) is 0.364. The van der Waals surface area contributed by atoms with Crippen LogP contribution in [0.5, 0.6) is 0 Å². The smallest absolute Gasteiger partial charge is 0.278 e. The molecular weight excluding hydrogens is 258 g/mol. The minimum absolute atomic E-state index is 0. The fourth-order valence-corrected chi connectivity index (χ4v) is 1.56. The van der Waals surface area contributed by atoms with Gasteiger partial charge in [-0.3, -0.25) is 4.84 Å². The van der Waals surface area contributed by atoms with E-state index in [2.05, 4.69) is 10.3 Å². The van der Waals surface area contributed by atoms with Gasteiger partial charge in [-0.25, -0.2) is 9.48 Å². The molecule has 0 unspecified atom stereocenters. The van der Waals surface area contributed by atoms with Gasteiger partial charge < -0.3 is 0 Å². The minimum atomic E-state index is 0. The van der Waals surface area contributed by atoms with Crippen LogP contribution >= 0.6 is 0 Å². The zero-order valence-corrected chi connectivity index (χ0v) is 11.5. The van der Waals surface area contributed by atoms with Gasteiger partial charge in [0.25, 0.3) is 0 Å². The molecule has 0 amide bonds. The van der Waals surface area contributed by atoms with Gasteiger partial charge in [-0.05, 0) is 17.3 Å². The molecule has 18 heavy (non-hydrogen) atoms. The third kappa shape index (κ3) is 3.13. The number of amidine groups is 1. The summed E-state index contributed by atoms with van der Waals surface area (Å²) in [5.41, 5.74) is 1.65.